The fourth-order valence-corrected chi connectivity index (χ4v) is 2.27. The summed E-state index contributed by atoms with van der Waals surface area (Å²) in [5.41, 5.74) is 0.493. The maximum Gasteiger partial charge on any atom is 0.432 e. The van der Waals surface area contributed by atoms with Crippen LogP contribution in [0.5, 0.6) is 0 Å². The third kappa shape index (κ3) is 2.08. The lowest BCUT2D eigenvalue weighted by Crippen LogP contribution is -2.19. The van der Waals surface area contributed by atoms with E-state index < -0.39 is 4.92 Å². The summed E-state index contributed by atoms with van der Waals surface area (Å²) in [5.74, 6) is -0.294. The van der Waals surface area contributed by atoms with E-state index in [9.17, 15) is 10.1 Å². The van der Waals surface area contributed by atoms with E-state index in [1.807, 2.05) is 0 Å². The summed E-state index contributed by atoms with van der Waals surface area (Å²) in [6.45, 7) is -0.0844. The predicted molar refractivity (Wildman–Crippen MR) is 57.3 cm³/mol. The van der Waals surface area contributed by atoms with Gasteiger partial charge in [-0.15, -0.1) is 0 Å². The molecule has 1 saturated heterocycles. The molecule has 0 saturated carbocycles. The fourth-order valence-electron chi connectivity index (χ4n) is 1.64. The van der Waals surface area contributed by atoms with Gasteiger partial charge in [-0.2, -0.15) is 0 Å². The van der Waals surface area contributed by atoms with Crippen LogP contribution in [0.2, 0.25) is 0 Å². The zero-order valence-corrected chi connectivity index (χ0v) is 9.75. The van der Waals surface area contributed by atoms with Gasteiger partial charge in [0.05, 0.1) is 12.7 Å². The minimum atomic E-state index is -0.590. The van der Waals surface area contributed by atoms with Gasteiger partial charge in [-0.05, 0) is 11.3 Å². The SMILES string of the molecule is O=[N+]([O-])c1nc([C@H]2C[C@H](Br)[C@@H](CO)O2)c[nH]1. The molecule has 16 heavy (non-hydrogen) atoms. The van der Waals surface area contributed by atoms with Crippen LogP contribution in [0, 0.1) is 10.1 Å². The number of nitrogens with one attached hydrogen (secondary N) is 1. The number of imidazole rings is 1. The highest BCUT2D eigenvalue weighted by Crippen LogP contribution is 2.36. The maximum absolute atomic E-state index is 10.4. The number of rotatable bonds is 3. The van der Waals surface area contributed by atoms with Crippen molar-refractivity contribution in [3.8, 4) is 0 Å². The van der Waals surface area contributed by atoms with Crippen LogP contribution in [-0.4, -0.2) is 37.5 Å². The standard InChI is InChI=1S/C8H10BrN3O4/c9-4-1-6(16-7(4)3-13)5-2-10-8(11-5)12(14)15/h2,4,6-7,13H,1,3H2,(H,10,11)/t4-,6+,7+/m0/s1. The van der Waals surface area contributed by atoms with E-state index in [4.69, 9.17) is 9.84 Å². The number of H-pyrrole nitrogens is 1. The van der Waals surface area contributed by atoms with Gasteiger partial charge in [0, 0.05) is 4.83 Å². The summed E-state index contributed by atoms with van der Waals surface area (Å²) < 4.78 is 5.50. The Labute approximate surface area is 99.1 Å². The highest BCUT2D eigenvalue weighted by atomic mass is 79.9. The molecular formula is C8H10BrN3O4. The molecule has 2 N–H and O–H groups in total. The summed E-state index contributed by atoms with van der Waals surface area (Å²) in [7, 11) is 0. The van der Waals surface area contributed by atoms with Crippen molar-refractivity contribution in [2.75, 3.05) is 6.61 Å². The average Bonchev–Trinajstić information content (AvgIpc) is 2.83. The average molecular weight is 292 g/mol. The van der Waals surface area contributed by atoms with Crippen molar-refractivity contribution in [3.63, 3.8) is 0 Å². The smallest absolute Gasteiger partial charge is 0.394 e. The van der Waals surface area contributed by atoms with Gasteiger partial charge < -0.3 is 20.0 Å². The second kappa shape index (κ2) is 4.48. The highest BCUT2D eigenvalue weighted by molar-refractivity contribution is 9.09. The molecule has 1 aromatic heterocycles. The quantitative estimate of drug-likeness (QED) is 0.489. The van der Waals surface area contributed by atoms with Crippen LogP contribution in [0.4, 0.5) is 5.95 Å². The number of hydrogen-bond acceptors (Lipinski definition) is 5. The number of nitro groups is 1. The van der Waals surface area contributed by atoms with Crippen LogP contribution in [0.15, 0.2) is 6.20 Å². The number of ether oxygens (including phenoxy) is 1. The molecule has 2 rings (SSSR count). The van der Waals surface area contributed by atoms with Gasteiger partial charge in [0.15, 0.2) is 5.69 Å². The number of aromatic amines is 1. The number of halogens is 1. The number of alkyl halides is 1. The van der Waals surface area contributed by atoms with Gasteiger partial charge in [-0.3, -0.25) is 0 Å². The summed E-state index contributed by atoms with van der Waals surface area (Å²) in [6.07, 6.45) is 1.49. The topological polar surface area (TPSA) is 101 Å². The van der Waals surface area contributed by atoms with Crippen molar-refractivity contribution in [1.82, 2.24) is 9.97 Å². The largest absolute Gasteiger partial charge is 0.432 e. The first-order chi connectivity index (χ1) is 7.61. The molecule has 2 heterocycles. The molecule has 0 aliphatic carbocycles. The Bertz CT molecular complexity index is 396. The van der Waals surface area contributed by atoms with E-state index in [0.717, 1.165) is 0 Å². The predicted octanol–water partition coefficient (Wildman–Crippen LogP) is 0.904. The first-order valence-corrected chi connectivity index (χ1v) is 5.63. The summed E-state index contributed by atoms with van der Waals surface area (Å²) in [4.78, 5) is 16.2. The van der Waals surface area contributed by atoms with Crippen molar-refractivity contribution in [1.29, 1.82) is 0 Å². The Morgan fingerprint density at radius 2 is 2.56 bits per heavy atom. The molecule has 1 aliphatic heterocycles. The molecule has 0 radical (unpaired) electrons. The van der Waals surface area contributed by atoms with Crippen LogP contribution in [0.1, 0.15) is 18.2 Å². The van der Waals surface area contributed by atoms with Crippen molar-refractivity contribution in [2.24, 2.45) is 0 Å². The Morgan fingerprint density at radius 1 is 1.81 bits per heavy atom. The lowest BCUT2D eigenvalue weighted by molar-refractivity contribution is -0.393. The number of aliphatic hydroxyl groups excluding tert-OH is 1. The van der Waals surface area contributed by atoms with Gasteiger partial charge in [0.25, 0.3) is 0 Å². The van der Waals surface area contributed by atoms with Gasteiger partial charge in [-0.1, -0.05) is 20.9 Å². The van der Waals surface area contributed by atoms with Crippen LogP contribution < -0.4 is 0 Å². The van der Waals surface area contributed by atoms with Crippen molar-refractivity contribution < 1.29 is 14.8 Å². The van der Waals surface area contributed by atoms with Gasteiger partial charge in [0.2, 0.25) is 0 Å². The minimum absolute atomic E-state index is 0.0401. The number of nitrogens with zero attached hydrogens (tertiary/aromatic N) is 2. The third-order valence-corrected chi connectivity index (χ3v) is 3.41. The molecule has 1 aromatic rings. The fraction of sp³-hybridized carbons (Fsp3) is 0.625. The normalized spacial score (nSPS) is 29.5. The lowest BCUT2D eigenvalue weighted by Gasteiger charge is -2.08. The molecule has 7 nitrogen and oxygen atoms in total. The monoisotopic (exact) mass is 291 g/mol. The lowest BCUT2D eigenvalue weighted by atomic mass is 10.1. The number of aromatic nitrogens is 2. The second-order valence-electron chi connectivity index (χ2n) is 3.50. The summed E-state index contributed by atoms with van der Waals surface area (Å²) in [6, 6.07) is 0. The Kier molecular flexibility index (Phi) is 3.22. The van der Waals surface area contributed by atoms with Gasteiger partial charge in [-0.25, -0.2) is 4.98 Å². The van der Waals surface area contributed by atoms with E-state index in [0.29, 0.717) is 12.1 Å². The zero-order chi connectivity index (χ0) is 11.7. The first kappa shape index (κ1) is 11.5. The van der Waals surface area contributed by atoms with Gasteiger partial charge >= 0.3 is 5.95 Å². The first-order valence-electron chi connectivity index (χ1n) is 4.72. The molecule has 0 spiro atoms. The molecule has 3 atom stereocenters. The second-order valence-corrected chi connectivity index (χ2v) is 4.68. The van der Waals surface area contributed by atoms with Crippen molar-refractivity contribution >= 4 is 21.9 Å². The molecule has 88 valence electrons. The van der Waals surface area contributed by atoms with Crippen LogP contribution in [0.3, 0.4) is 0 Å². The van der Waals surface area contributed by atoms with E-state index in [-0.39, 0.29) is 29.6 Å². The Morgan fingerprint density at radius 3 is 3.06 bits per heavy atom. The highest BCUT2D eigenvalue weighted by Gasteiger charge is 2.37. The van der Waals surface area contributed by atoms with E-state index in [1.54, 1.807) is 0 Å². The molecule has 1 aliphatic rings. The molecule has 0 aromatic carbocycles. The molecule has 8 heteroatoms. The number of hydrogen-bond donors (Lipinski definition) is 2. The van der Waals surface area contributed by atoms with Crippen LogP contribution in [-0.2, 0) is 4.74 Å². The minimum Gasteiger partial charge on any atom is -0.394 e. The van der Waals surface area contributed by atoms with E-state index in [2.05, 4.69) is 25.9 Å². The molecule has 0 bridgehead atoms. The number of aliphatic hydroxyl groups is 1. The van der Waals surface area contributed by atoms with E-state index in [1.165, 1.54) is 6.20 Å². The molecule has 1 fully saturated rings. The van der Waals surface area contributed by atoms with E-state index >= 15 is 0 Å². The summed E-state index contributed by atoms with van der Waals surface area (Å²) in [5, 5.41) is 19.4. The van der Waals surface area contributed by atoms with Crippen LogP contribution in [0.25, 0.3) is 0 Å². The van der Waals surface area contributed by atoms with Crippen molar-refractivity contribution in [2.45, 2.75) is 23.5 Å². The maximum atomic E-state index is 10.4. The van der Waals surface area contributed by atoms with Crippen molar-refractivity contribution in [3.05, 3.63) is 22.0 Å². The Hall–Kier alpha value is -0.990. The summed E-state index contributed by atoms with van der Waals surface area (Å²) >= 11 is 3.38. The third-order valence-electron chi connectivity index (χ3n) is 2.45. The molecular weight excluding hydrogens is 282 g/mol. The molecule has 0 unspecified atom stereocenters. The Balaban J connectivity index is 2.11. The van der Waals surface area contributed by atoms with Crippen LogP contribution >= 0.6 is 15.9 Å². The molecule has 0 amide bonds. The van der Waals surface area contributed by atoms with Gasteiger partial charge in [0.1, 0.15) is 12.3 Å². The zero-order valence-electron chi connectivity index (χ0n) is 8.17.